The van der Waals surface area contributed by atoms with Crippen molar-refractivity contribution < 1.29 is 18.3 Å². The molecule has 0 bridgehead atoms. The lowest BCUT2D eigenvalue weighted by molar-refractivity contribution is 0.143. The molecule has 3 N–H and O–H groups in total. The Morgan fingerprint density at radius 2 is 1.77 bits per heavy atom. The summed E-state index contributed by atoms with van der Waals surface area (Å²) in [6.45, 7) is 2.16. The molecule has 1 amide bonds. The van der Waals surface area contributed by atoms with E-state index in [-0.39, 0.29) is 29.4 Å². The number of amides is 1. The maximum atomic E-state index is 14.9. The number of thiocarbonyl (C=S) groups is 1. The first-order valence-electron chi connectivity index (χ1n) is 11.7. The quantitative estimate of drug-likeness (QED) is 0.456. The van der Waals surface area contributed by atoms with Gasteiger partial charge in [0.2, 0.25) is 5.43 Å². The van der Waals surface area contributed by atoms with Crippen LogP contribution in [0.4, 0.5) is 36.3 Å². The van der Waals surface area contributed by atoms with E-state index in [1.165, 1.54) is 23.5 Å². The minimum absolute atomic E-state index is 0.0524. The molecule has 0 aromatic heterocycles. The minimum atomic E-state index is -0.876. The molecule has 2 aromatic rings. The third-order valence-electron chi connectivity index (χ3n) is 6.13. The molecule has 2 fully saturated rings. The second-order valence-electron chi connectivity index (χ2n) is 8.84. The molecule has 1 heterocycles. The number of halogens is 2. The molecule has 1 atom stereocenters. The van der Waals surface area contributed by atoms with Crippen LogP contribution in [-0.4, -0.2) is 36.3 Å². The molecule has 7 nitrogen and oxygen atoms in total. The van der Waals surface area contributed by atoms with Gasteiger partial charge in [-0.25, -0.2) is 13.6 Å². The first-order valence-corrected chi connectivity index (χ1v) is 12.1. The number of hydrogen-bond acceptors (Lipinski definition) is 6. The van der Waals surface area contributed by atoms with E-state index in [1.807, 2.05) is 0 Å². The summed E-state index contributed by atoms with van der Waals surface area (Å²) in [5.41, 5.74) is 0.293. The van der Waals surface area contributed by atoms with Gasteiger partial charge in [-0.1, -0.05) is 31.5 Å². The van der Waals surface area contributed by atoms with Crippen molar-refractivity contribution in [3.63, 3.8) is 0 Å². The number of rotatable bonds is 7. The maximum absolute atomic E-state index is 14.9. The highest BCUT2D eigenvalue weighted by atomic mass is 32.1. The van der Waals surface area contributed by atoms with Crippen LogP contribution in [0.25, 0.3) is 0 Å². The van der Waals surface area contributed by atoms with Crippen molar-refractivity contribution in [3.05, 3.63) is 58.3 Å². The molecule has 35 heavy (non-hydrogen) atoms. The highest BCUT2D eigenvalue weighted by molar-refractivity contribution is 7.80. The zero-order valence-electron chi connectivity index (χ0n) is 19.4. The zero-order chi connectivity index (χ0) is 24.9. The number of nitrogens with zero attached hydrogens (tertiary/aromatic N) is 1. The summed E-state index contributed by atoms with van der Waals surface area (Å²) in [6.07, 6.45) is 4.32. The largest absolute Gasteiger partial charge is 0.442 e. The lowest BCUT2D eigenvalue weighted by atomic mass is 9.95. The van der Waals surface area contributed by atoms with Crippen LogP contribution in [0.3, 0.4) is 0 Å². The van der Waals surface area contributed by atoms with Crippen LogP contribution in [0.15, 0.2) is 41.2 Å². The van der Waals surface area contributed by atoms with Crippen molar-refractivity contribution in [2.45, 2.75) is 51.2 Å². The van der Waals surface area contributed by atoms with Crippen molar-refractivity contribution in [2.75, 3.05) is 28.6 Å². The van der Waals surface area contributed by atoms with Crippen LogP contribution in [0.2, 0.25) is 0 Å². The third kappa shape index (κ3) is 6.25. The van der Waals surface area contributed by atoms with Gasteiger partial charge in [0.1, 0.15) is 11.8 Å². The summed E-state index contributed by atoms with van der Waals surface area (Å²) in [5.74, 6) is -1.75. The van der Waals surface area contributed by atoms with E-state index in [9.17, 15) is 18.4 Å². The Balaban J connectivity index is 1.48. The van der Waals surface area contributed by atoms with Crippen LogP contribution < -0.4 is 26.3 Å². The van der Waals surface area contributed by atoms with Gasteiger partial charge in [-0.3, -0.25) is 9.69 Å². The third-order valence-corrected chi connectivity index (χ3v) is 6.28. The number of carbonyl (C=O) groups excluding carboxylic acids is 1. The first-order chi connectivity index (χ1) is 16.8. The van der Waals surface area contributed by atoms with Gasteiger partial charge in [0.15, 0.2) is 11.6 Å². The molecule has 10 heteroatoms. The fourth-order valence-corrected chi connectivity index (χ4v) is 4.39. The molecule has 2 aliphatic rings. The van der Waals surface area contributed by atoms with E-state index in [1.54, 1.807) is 19.1 Å². The van der Waals surface area contributed by atoms with Gasteiger partial charge in [-0.2, -0.15) is 0 Å². The second-order valence-corrected chi connectivity index (χ2v) is 9.45. The Labute approximate surface area is 207 Å². The van der Waals surface area contributed by atoms with E-state index >= 15 is 0 Å². The Bertz CT molecular complexity index is 1150. The topological polar surface area (TPSA) is 82.7 Å². The Morgan fingerprint density at radius 1 is 1.09 bits per heavy atom. The van der Waals surface area contributed by atoms with E-state index in [0.717, 1.165) is 37.8 Å². The Morgan fingerprint density at radius 3 is 2.46 bits per heavy atom. The number of benzene rings is 1. The van der Waals surface area contributed by atoms with Gasteiger partial charge < -0.3 is 20.7 Å². The van der Waals surface area contributed by atoms with Gasteiger partial charge in [0, 0.05) is 23.9 Å². The van der Waals surface area contributed by atoms with Crippen molar-refractivity contribution in [1.82, 2.24) is 5.32 Å². The summed E-state index contributed by atoms with van der Waals surface area (Å²) < 4.78 is 35.0. The fourth-order valence-electron chi connectivity index (χ4n) is 4.31. The van der Waals surface area contributed by atoms with Crippen LogP contribution in [0.1, 0.15) is 39.0 Å². The number of hydrogen-bond donors (Lipinski definition) is 3. The minimum Gasteiger partial charge on any atom is -0.442 e. The van der Waals surface area contributed by atoms with Crippen molar-refractivity contribution >= 4 is 46.0 Å². The number of carbonyl (C=O) groups is 1. The standard InChI is InChI=1S/C25H28F2N4O3S/c1-15(35)28-13-19-14-31(25(33)34-19)18-11-20(26)24(21(27)12-18)30-17-7-9-22(23(32)10-8-17)29-16-5-3-2-4-6-16/h7-12,16,19,30H,2-6,13-14H2,1H3,(H,28,35)(H,29,32). The number of cyclic esters (lactones) is 1. The van der Waals surface area contributed by atoms with Crippen molar-refractivity contribution in [2.24, 2.45) is 0 Å². The van der Waals surface area contributed by atoms with Gasteiger partial charge in [-0.15, -0.1) is 0 Å². The summed E-state index contributed by atoms with van der Waals surface area (Å²) in [5, 5.41) is 8.92. The zero-order valence-corrected chi connectivity index (χ0v) is 20.2. The van der Waals surface area contributed by atoms with Crippen LogP contribution in [0.5, 0.6) is 0 Å². The van der Waals surface area contributed by atoms with Gasteiger partial charge in [0.25, 0.3) is 0 Å². The van der Waals surface area contributed by atoms with Gasteiger partial charge >= 0.3 is 6.09 Å². The molecule has 4 rings (SSSR count). The van der Waals surface area contributed by atoms with Crippen molar-refractivity contribution in [1.29, 1.82) is 0 Å². The van der Waals surface area contributed by atoms with E-state index in [0.29, 0.717) is 22.9 Å². The van der Waals surface area contributed by atoms with E-state index in [4.69, 9.17) is 17.0 Å². The normalized spacial score (nSPS) is 18.2. The first kappa shape index (κ1) is 24.8. The molecule has 1 aliphatic heterocycles. The lowest BCUT2D eigenvalue weighted by Crippen LogP contribution is -2.32. The molecule has 1 saturated carbocycles. The van der Waals surface area contributed by atoms with Crippen molar-refractivity contribution in [3.8, 4) is 0 Å². The second kappa shape index (κ2) is 11.0. The monoisotopic (exact) mass is 502 g/mol. The molecule has 0 spiro atoms. The molecule has 2 aromatic carbocycles. The van der Waals surface area contributed by atoms with Crippen LogP contribution >= 0.6 is 12.2 Å². The fraction of sp³-hybridized carbons (Fsp3) is 0.400. The van der Waals surface area contributed by atoms with E-state index < -0.39 is 23.8 Å². The molecule has 186 valence electrons. The molecule has 0 radical (unpaired) electrons. The molecule has 1 aliphatic carbocycles. The van der Waals surface area contributed by atoms with Gasteiger partial charge in [-0.05, 0) is 44.0 Å². The SMILES string of the molecule is CC(=S)NCC1CN(c2cc(F)c(Nc3ccc(NC4CCCCC4)c(=O)cc3)c(F)c2)C(=O)O1. The highest BCUT2D eigenvalue weighted by Gasteiger charge is 2.33. The van der Waals surface area contributed by atoms with E-state index in [2.05, 4.69) is 16.0 Å². The van der Waals surface area contributed by atoms with Crippen LogP contribution in [-0.2, 0) is 4.74 Å². The average Bonchev–Trinajstić information content (AvgIpc) is 3.12. The average molecular weight is 503 g/mol. The number of nitrogens with one attached hydrogen (secondary N) is 3. The summed E-state index contributed by atoms with van der Waals surface area (Å²) in [6, 6.07) is 8.48. The summed E-state index contributed by atoms with van der Waals surface area (Å²) in [4.78, 5) is 26.4. The summed E-state index contributed by atoms with van der Waals surface area (Å²) in [7, 11) is 0. The molecular formula is C25H28F2N4O3S. The molecule has 1 unspecified atom stereocenters. The maximum Gasteiger partial charge on any atom is 0.414 e. The molecule has 1 saturated heterocycles. The lowest BCUT2D eigenvalue weighted by Gasteiger charge is -2.23. The van der Waals surface area contributed by atoms with Crippen LogP contribution in [0, 0.1) is 11.6 Å². The Hall–Kier alpha value is -3.27. The highest BCUT2D eigenvalue weighted by Crippen LogP contribution is 2.30. The Kier molecular flexibility index (Phi) is 7.80. The van der Waals surface area contributed by atoms with Gasteiger partial charge in [0.05, 0.1) is 29.5 Å². The smallest absolute Gasteiger partial charge is 0.414 e. The number of anilines is 4. The number of ether oxygens (including phenoxy) is 1. The molecular weight excluding hydrogens is 474 g/mol. The summed E-state index contributed by atoms with van der Waals surface area (Å²) >= 11 is 4.95. The predicted molar refractivity (Wildman–Crippen MR) is 137 cm³/mol. The predicted octanol–water partition coefficient (Wildman–Crippen LogP) is 5.08.